The van der Waals surface area contributed by atoms with Crippen molar-refractivity contribution >= 4 is 34.7 Å². The smallest absolute Gasteiger partial charge is 0.300 e. The lowest BCUT2D eigenvalue weighted by molar-refractivity contribution is -0.132. The maximum atomic E-state index is 13.7. The van der Waals surface area contributed by atoms with Gasteiger partial charge in [0, 0.05) is 5.69 Å². The van der Waals surface area contributed by atoms with E-state index in [1.807, 2.05) is 0 Å². The average molecular weight is 428 g/mol. The van der Waals surface area contributed by atoms with Crippen molar-refractivity contribution in [3.63, 3.8) is 0 Å². The summed E-state index contributed by atoms with van der Waals surface area (Å²) in [7, 11) is 1.43. The van der Waals surface area contributed by atoms with Crippen LogP contribution in [0, 0.1) is 5.82 Å². The first-order valence-electron chi connectivity index (χ1n) is 8.87. The highest BCUT2D eigenvalue weighted by Gasteiger charge is 2.48. The number of hydrogen-bond acceptors (Lipinski definition) is 5. The standard InChI is InChI=1S/C22H15ClFNO5/c1-29-16-6-3-2-5-13(16)20(26)18-19(17-7-4-10-30-17)25(22(28)21(18)27)12-8-9-15(24)14(23)11-12/h2-11,19,26H,1H3/b20-18-. The first-order valence-corrected chi connectivity index (χ1v) is 9.24. The van der Waals surface area contributed by atoms with Crippen molar-refractivity contribution in [1.29, 1.82) is 0 Å². The maximum Gasteiger partial charge on any atom is 0.300 e. The second-order valence-corrected chi connectivity index (χ2v) is 6.89. The third kappa shape index (κ3) is 3.13. The summed E-state index contributed by atoms with van der Waals surface area (Å²) in [6, 6.07) is 12.3. The minimum absolute atomic E-state index is 0.181. The zero-order valence-corrected chi connectivity index (χ0v) is 16.4. The molecular formula is C22H15ClFNO5. The van der Waals surface area contributed by atoms with E-state index in [2.05, 4.69) is 0 Å². The van der Waals surface area contributed by atoms with Crippen molar-refractivity contribution < 1.29 is 28.2 Å². The van der Waals surface area contributed by atoms with E-state index >= 15 is 0 Å². The van der Waals surface area contributed by atoms with Gasteiger partial charge in [-0.05, 0) is 42.5 Å². The van der Waals surface area contributed by atoms with E-state index in [-0.39, 0.29) is 27.6 Å². The Labute approximate surface area is 175 Å². The Morgan fingerprint density at radius 2 is 1.93 bits per heavy atom. The van der Waals surface area contributed by atoms with Gasteiger partial charge in [-0.2, -0.15) is 0 Å². The summed E-state index contributed by atoms with van der Waals surface area (Å²) in [6.07, 6.45) is 1.39. The number of rotatable bonds is 4. The van der Waals surface area contributed by atoms with Gasteiger partial charge in [-0.3, -0.25) is 14.5 Å². The Kier molecular flexibility index (Phi) is 5.05. The zero-order valence-electron chi connectivity index (χ0n) is 15.6. The van der Waals surface area contributed by atoms with Gasteiger partial charge in [-0.15, -0.1) is 0 Å². The minimum Gasteiger partial charge on any atom is -0.507 e. The summed E-state index contributed by atoms with van der Waals surface area (Å²) < 4.78 is 24.4. The number of aliphatic hydroxyl groups is 1. The summed E-state index contributed by atoms with van der Waals surface area (Å²) in [5.41, 5.74) is 0.246. The molecule has 2 aromatic carbocycles. The number of benzene rings is 2. The second-order valence-electron chi connectivity index (χ2n) is 6.48. The van der Waals surface area contributed by atoms with Crippen LogP contribution in [0.15, 0.2) is 70.9 Å². The van der Waals surface area contributed by atoms with Crippen molar-refractivity contribution in [3.8, 4) is 5.75 Å². The van der Waals surface area contributed by atoms with E-state index < -0.39 is 29.3 Å². The predicted octanol–water partition coefficient (Wildman–Crippen LogP) is 4.71. The Bertz CT molecular complexity index is 1170. The first-order chi connectivity index (χ1) is 14.4. The molecule has 2 heterocycles. The van der Waals surface area contributed by atoms with E-state index in [4.69, 9.17) is 20.8 Å². The molecule has 8 heteroatoms. The van der Waals surface area contributed by atoms with Crippen molar-refractivity contribution in [2.45, 2.75) is 6.04 Å². The number of para-hydroxylation sites is 1. The first kappa shape index (κ1) is 19.7. The van der Waals surface area contributed by atoms with Gasteiger partial charge in [0.25, 0.3) is 11.7 Å². The molecule has 30 heavy (non-hydrogen) atoms. The van der Waals surface area contributed by atoms with Crippen molar-refractivity contribution in [3.05, 3.63) is 88.6 Å². The topological polar surface area (TPSA) is 80.0 Å². The Morgan fingerprint density at radius 3 is 2.60 bits per heavy atom. The largest absolute Gasteiger partial charge is 0.507 e. The molecule has 1 fully saturated rings. The zero-order chi connectivity index (χ0) is 21.4. The van der Waals surface area contributed by atoms with Gasteiger partial charge in [-0.1, -0.05) is 23.7 Å². The van der Waals surface area contributed by atoms with Gasteiger partial charge in [0.2, 0.25) is 0 Å². The van der Waals surface area contributed by atoms with Crippen LogP contribution in [-0.4, -0.2) is 23.9 Å². The van der Waals surface area contributed by atoms with Crippen LogP contribution >= 0.6 is 11.6 Å². The van der Waals surface area contributed by atoms with E-state index in [9.17, 15) is 19.1 Å². The SMILES string of the molecule is COc1ccccc1/C(O)=C1/C(=O)C(=O)N(c2ccc(F)c(Cl)c2)C1c1ccco1. The van der Waals surface area contributed by atoms with E-state index in [1.165, 1.54) is 25.5 Å². The number of amides is 1. The van der Waals surface area contributed by atoms with Crippen LogP contribution in [0.2, 0.25) is 5.02 Å². The Hall–Kier alpha value is -3.58. The molecule has 1 N–H and O–H groups in total. The number of halogens is 2. The third-order valence-corrected chi connectivity index (χ3v) is 5.09. The van der Waals surface area contributed by atoms with Gasteiger partial charge in [-0.25, -0.2) is 4.39 Å². The summed E-state index contributed by atoms with van der Waals surface area (Å²) in [6.45, 7) is 0. The monoisotopic (exact) mass is 427 g/mol. The number of anilines is 1. The Morgan fingerprint density at radius 1 is 1.17 bits per heavy atom. The summed E-state index contributed by atoms with van der Waals surface area (Å²) in [5, 5.41) is 10.8. The molecule has 1 aromatic heterocycles. The fourth-order valence-electron chi connectivity index (χ4n) is 3.44. The van der Waals surface area contributed by atoms with E-state index in [0.29, 0.717) is 5.75 Å². The minimum atomic E-state index is -1.08. The second kappa shape index (κ2) is 7.68. The van der Waals surface area contributed by atoms with Gasteiger partial charge < -0.3 is 14.3 Å². The van der Waals surface area contributed by atoms with Gasteiger partial charge in [0.15, 0.2) is 0 Å². The number of ether oxygens (including phenoxy) is 1. The number of carbonyl (C=O) groups excluding carboxylic acids is 2. The fourth-order valence-corrected chi connectivity index (χ4v) is 3.61. The molecular weight excluding hydrogens is 413 g/mol. The molecule has 6 nitrogen and oxygen atoms in total. The normalized spacial score (nSPS) is 18.1. The van der Waals surface area contributed by atoms with Crippen LogP contribution in [0.3, 0.4) is 0 Å². The lowest BCUT2D eigenvalue weighted by Gasteiger charge is -2.23. The highest BCUT2D eigenvalue weighted by Crippen LogP contribution is 2.43. The molecule has 3 aromatic rings. The number of ketones is 1. The van der Waals surface area contributed by atoms with Crippen LogP contribution in [0.5, 0.6) is 5.75 Å². The molecule has 4 rings (SSSR count). The van der Waals surface area contributed by atoms with Crippen LogP contribution in [0.1, 0.15) is 17.4 Å². The van der Waals surface area contributed by atoms with Gasteiger partial charge >= 0.3 is 0 Å². The molecule has 1 amide bonds. The summed E-state index contributed by atoms with van der Waals surface area (Å²) >= 11 is 5.88. The number of hydrogen-bond donors (Lipinski definition) is 1. The highest BCUT2D eigenvalue weighted by molar-refractivity contribution is 6.51. The molecule has 1 aliphatic rings. The van der Waals surface area contributed by atoms with Crippen molar-refractivity contribution in [1.82, 2.24) is 0 Å². The van der Waals surface area contributed by atoms with Crippen LogP contribution in [-0.2, 0) is 9.59 Å². The molecule has 152 valence electrons. The molecule has 0 saturated carbocycles. The van der Waals surface area contributed by atoms with Crippen molar-refractivity contribution in [2.75, 3.05) is 12.0 Å². The summed E-state index contributed by atoms with van der Waals surface area (Å²) in [4.78, 5) is 27.0. The van der Waals surface area contributed by atoms with Crippen molar-refractivity contribution in [2.24, 2.45) is 0 Å². The van der Waals surface area contributed by atoms with Gasteiger partial charge in [0.05, 0.1) is 29.5 Å². The van der Waals surface area contributed by atoms with E-state index in [1.54, 1.807) is 36.4 Å². The van der Waals surface area contributed by atoms with Crippen LogP contribution in [0.4, 0.5) is 10.1 Å². The predicted molar refractivity (Wildman–Crippen MR) is 108 cm³/mol. The average Bonchev–Trinajstić information content (AvgIpc) is 3.37. The molecule has 0 spiro atoms. The lowest BCUT2D eigenvalue weighted by Crippen LogP contribution is -2.29. The maximum absolute atomic E-state index is 13.7. The molecule has 1 aliphatic heterocycles. The molecule has 1 saturated heterocycles. The molecule has 0 radical (unpaired) electrons. The fraction of sp³-hybridized carbons (Fsp3) is 0.0909. The highest BCUT2D eigenvalue weighted by atomic mass is 35.5. The lowest BCUT2D eigenvalue weighted by atomic mass is 9.98. The Balaban J connectivity index is 1.95. The number of methoxy groups -OCH3 is 1. The number of aliphatic hydroxyl groups excluding tert-OH is 1. The van der Waals surface area contributed by atoms with Gasteiger partial charge in [0.1, 0.15) is 29.1 Å². The number of Topliss-reactive ketones (excluding diaryl/α,β-unsaturated/α-hetero) is 1. The van der Waals surface area contributed by atoms with Crippen LogP contribution < -0.4 is 9.64 Å². The molecule has 0 bridgehead atoms. The summed E-state index contributed by atoms with van der Waals surface area (Å²) in [5.74, 6) is -2.34. The third-order valence-electron chi connectivity index (χ3n) is 4.80. The quantitative estimate of drug-likeness (QED) is 0.370. The molecule has 1 atom stereocenters. The number of furan rings is 1. The molecule has 1 unspecified atom stereocenters. The number of carbonyl (C=O) groups is 2. The van der Waals surface area contributed by atoms with Crippen LogP contribution in [0.25, 0.3) is 5.76 Å². The van der Waals surface area contributed by atoms with E-state index in [0.717, 1.165) is 11.0 Å². The molecule has 0 aliphatic carbocycles. The number of nitrogens with zero attached hydrogens (tertiary/aromatic N) is 1.